The molecule has 0 amide bonds. The number of fused-ring (bicyclic) bond motifs is 1. The first kappa shape index (κ1) is 12.9. The normalized spacial score (nSPS) is 11.7. The van der Waals surface area contributed by atoms with Gasteiger partial charge in [-0.25, -0.2) is 13.8 Å². The second-order valence-electron chi connectivity index (χ2n) is 4.46. The van der Waals surface area contributed by atoms with Crippen LogP contribution in [0.2, 0.25) is 0 Å². The van der Waals surface area contributed by atoms with Crippen LogP contribution in [-0.4, -0.2) is 35.1 Å². The molecular weight excluding hydrogens is 238 g/mol. The summed E-state index contributed by atoms with van der Waals surface area (Å²) in [5.41, 5.74) is 6.59. The van der Waals surface area contributed by atoms with E-state index in [1.165, 1.54) is 6.07 Å². The standard InChI is InChI=1S/C12H16F2N4/c1-17(2)7-12-16-10-5-8(13)9(14)6-11(10)18(12)4-3-15/h5-6H,3-4,7,15H2,1-2H3. The third kappa shape index (κ3) is 2.34. The van der Waals surface area contributed by atoms with E-state index < -0.39 is 11.6 Å². The van der Waals surface area contributed by atoms with E-state index in [0.29, 0.717) is 30.7 Å². The molecule has 0 aliphatic rings. The van der Waals surface area contributed by atoms with Crippen LogP contribution in [0.5, 0.6) is 0 Å². The Labute approximate surface area is 104 Å². The van der Waals surface area contributed by atoms with E-state index in [0.717, 1.165) is 11.9 Å². The van der Waals surface area contributed by atoms with Crippen LogP contribution >= 0.6 is 0 Å². The highest BCUT2D eigenvalue weighted by Crippen LogP contribution is 2.20. The number of aromatic nitrogens is 2. The molecule has 0 radical (unpaired) electrons. The van der Waals surface area contributed by atoms with Crippen LogP contribution < -0.4 is 5.73 Å². The lowest BCUT2D eigenvalue weighted by atomic mass is 10.3. The van der Waals surface area contributed by atoms with Gasteiger partial charge >= 0.3 is 0 Å². The smallest absolute Gasteiger partial charge is 0.161 e. The fourth-order valence-corrected chi connectivity index (χ4v) is 1.95. The third-order valence-corrected chi connectivity index (χ3v) is 2.68. The lowest BCUT2D eigenvalue weighted by Gasteiger charge is -2.11. The summed E-state index contributed by atoms with van der Waals surface area (Å²) in [5, 5.41) is 0. The van der Waals surface area contributed by atoms with Crippen molar-refractivity contribution in [3.63, 3.8) is 0 Å². The number of hydrogen-bond donors (Lipinski definition) is 1. The number of nitrogens with zero attached hydrogens (tertiary/aromatic N) is 3. The lowest BCUT2D eigenvalue weighted by molar-refractivity contribution is 0.382. The molecule has 0 aliphatic heterocycles. The lowest BCUT2D eigenvalue weighted by Crippen LogP contribution is -2.18. The zero-order valence-corrected chi connectivity index (χ0v) is 10.5. The molecule has 98 valence electrons. The highest BCUT2D eigenvalue weighted by molar-refractivity contribution is 5.76. The Morgan fingerprint density at radius 2 is 1.94 bits per heavy atom. The summed E-state index contributed by atoms with van der Waals surface area (Å²) in [6, 6.07) is 2.29. The van der Waals surface area contributed by atoms with Crippen molar-refractivity contribution in [2.45, 2.75) is 13.1 Å². The van der Waals surface area contributed by atoms with Crippen LogP contribution in [0.1, 0.15) is 5.82 Å². The number of hydrogen-bond acceptors (Lipinski definition) is 3. The summed E-state index contributed by atoms with van der Waals surface area (Å²) in [5.74, 6) is -0.987. The molecule has 2 rings (SSSR count). The molecule has 1 aromatic heterocycles. The molecule has 0 unspecified atom stereocenters. The summed E-state index contributed by atoms with van der Waals surface area (Å²) in [7, 11) is 3.82. The molecule has 1 heterocycles. The molecule has 6 heteroatoms. The van der Waals surface area contributed by atoms with Gasteiger partial charge in [-0.15, -0.1) is 0 Å². The van der Waals surface area contributed by atoms with Gasteiger partial charge in [-0.2, -0.15) is 0 Å². The summed E-state index contributed by atoms with van der Waals surface area (Å²) >= 11 is 0. The number of imidazole rings is 1. The minimum Gasteiger partial charge on any atom is -0.329 e. The van der Waals surface area contributed by atoms with Crippen LogP contribution in [0.15, 0.2) is 12.1 Å². The quantitative estimate of drug-likeness (QED) is 0.895. The molecule has 18 heavy (non-hydrogen) atoms. The largest absolute Gasteiger partial charge is 0.329 e. The monoisotopic (exact) mass is 254 g/mol. The minimum absolute atomic E-state index is 0.422. The second kappa shape index (κ2) is 4.99. The molecule has 1 aromatic carbocycles. The molecule has 2 N–H and O–H groups in total. The fourth-order valence-electron chi connectivity index (χ4n) is 1.95. The van der Waals surface area contributed by atoms with Crippen LogP contribution in [0.4, 0.5) is 8.78 Å². The predicted molar refractivity (Wildman–Crippen MR) is 66.1 cm³/mol. The SMILES string of the molecule is CN(C)Cc1nc2cc(F)c(F)cc2n1CCN. The Morgan fingerprint density at radius 1 is 1.28 bits per heavy atom. The summed E-state index contributed by atoms with van der Waals surface area (Å²) in [6.07, 6.45) is 0. The molecule has 4 nitrogen and oxygen atoms in total. The predicted octanol–water partition coefficient (Wildman–Crippen LogP) is 1.33. The first-order valence-electron chi connectivity index (χ1n) is 5.72. The molecule has 0 fully saturated rings. The van der Waals surface area contributed by atoms with Crippen molar-refractivity contribution in [2.75, 3.05) is 20.6 Å². The number of benzene rings is 1. The van der Waals surface area contributed by atoms with Crippen molar-refractivity contribution < 1.29 is 8.78 Å². The highest BCUT2D eigenvalue weighted by Gasteiger charge is 2.14. The Kier molecular flexibility index (Phi) is 3.58. The number of rotatable bonds is 4. The Balaban J connectivity index is 2.59. The fraction of sp³-hybridized carbons (Fsp3) is 0.417. The van der Waals surface area contributed by atoms with E-state index in [1.54, 1.807) is 0 Å². The molecule has 2 aromatic rings. The van der Waals surface area contributed by atoms with E-state index in [9.17, 15) is 8.78 Å². The summed E-state index contributed by atoms with van der Waals surface area (Å²) in [4.78, 5) is 6.28. The molecule has 0 bridgehead atoms. The van der Waals surface area contributed by atoms with Gasteiger partial charge in [0.2, 0.25) is 0 Å². The Morgan fingerprint density at radius 3 is 2.56 bits per heavy atom. The maximum Gasteiger partial charge on any atom is 0.161 e. The average molecular weight is 254 g/mol. The molecule has 0 spiro atoms. The van der Waals surface area contributed by atoms with Gasteiger partial charge in [0.15, 0.2) is 11.6 Å². The molecule has 0 atom stereocenters. The summed E-state index contributed by atoms with van der Waals surface area (Å²) < 4.78 is 28.3. The highest BCUT2D eigenvalue weighted by atomic mass is 19.2. The van der Waals surface area contributed by atoms with Gasteiger partial charge in [-0.3, -0.25) is 0 Å². The average Bonchev–Trinajstić information content (AvgIpc) is 2.58. The second-order valence-corrected chi connectivity index (χ2v) is 4.46. The molecule has 0 saturated carbocycles. The van der Waals surface area contributed by atoms with Crippen molar-refractivity contribution >= 4 is 11.0 Å². The number of halogens is 2. The van der Waals surface area contributed by atoms with Gasteiger partial charge in [0.25, 0.3) is 0 Å². The van der Waals surface area contributed by atoms with Gasteiger partial charge in [0.05, 0.1) is 17.6 Å². The summed E-state index contributed by atoms with van der Waals surface area (Å²) in [6.45, 7) is 1.55. The van der Waals surface area contributed by atoms with E-state index in [-0.39, 0.29) is 0 Å². The zero-order chi connectivity index (χ0) is 13.3. The zero-order valence-electron chi connectivity index (χ0n) is 10.5. The van der Waals surface area contributed by atoms with Gasteiger partial charge < -0.3 is 15.2 Å². The van der Waals surface area contributed by atoms with E-state index in [4.69, 9.17) is 5.73 Å². The van der Waals surface area contributed by atoms with Crippen molar-refractivity contribution in [3.05, 3.63) is 29.6 Å². The van der Waals surface area contributed by atoms with E-state index in [1.807, 2.05) is 23.6 Å². The van der Waals surface area contributed by atoms with Crippen LogP contribution in [0.25, 0.3) is 11.0 Å². The first-order valence-corrected chi connectivity index (χ1v) is 5.72. The maximum atomic E-state index is 13.3. The van der Waals surface area contributed by atoms with Gasteiger partial charge in [0.1, 0.15) is 5.82 Å². The van der Waals surface area contributed by atoms with E-state index in [2.05, 4.69) is 4.98 Å². The molecule has 0 aliphatic carbocycles. The molecular formula is C12H16F2N4. The third-order valence-electron chi connectivity index (χ3n) is 2.68. The minimum atomic E-state index is -0.878. The van der Waals surface area contributed by atoms with Crippen molar-refractivity contribution in [2.24, 2.45) is 5.73 Å². The van der Waals surface area contributed by atoms with Gasteiger partial charge in [0, 0.05) is 25.2 Å². The Bertz CT molecular complexity index is 563. The van der Waals surface area contributed by atoms with Crippen LogP contribution in [-0.2, 0) is 13.1 Å². The molecule has 0 saturated heterocycles. The Hall–Kier alpha value is -1.53. The van der Waals surface area contributed by atoms with Crippen molar-refractivity contribution in [1.29, 1.82) is 0 Å². The van der Waals surface area contributed by atoms with Crippen molar-refractivity contribution in [1.82, 2.24) is 14.5 Å². The number of nitrogens with two attached hydrogens (primary N) is 1. The van der Waals surface area contributed by atoms with Crippen molar-refractivity contribution in [3.8, 4) is 0 Å². The topological polar surface area (TPSA) is 47.1 Å². The van der Waals surface area contributed by atoms with Crippen LogP contribution in [0.3, 0.4) is 0 Å². The van der Waals surface area contributed by atoms with Gasteiger partial charge in [-0.05, 0) is 14.1 Å². The van der Waals surface area contributed by atoms with Gasteiger partial charge in [-0.1, -0.05) is 0 Å². The first-order chi connectivity index (χ1) is 8.52. The van der Waals surface area contributed by atoms with E-state index >= 15 is 0 Å². The maximum absolute atomic E-state index is 13.3. The van der Waals surface area contributed by atoms with Crippen LogP contribution in [0, 0.1) is 11.6 Å².